The van der Waals surface area contributed by atoms with E-state index in [-0.39, 0.29) is 31.8 Å². The molecule has 1 rings (SSSR count). The van der Waals surface area contributed by atoms with Crippen LogP contribution in [0.25, 0.3) is 0 Å². The second kappa shape index (κ2) is 11.3. The molecule has 0 aliphatic rings. The average molecular weight is 310 g/mol. The van der Waals surface area contributed by atoms with Crippen LogP contribution in [0.1, 0.15) is 44.4 Å². The summed E-state index contributed by atoms with van der Waals surface area (Å²) < 4.78 is 14.5. The van der Waals surface area contributed by atoms with E-state index < -0.39 is 0 Å². The Hall–Kier alpha value is -2.37. The lowest BCUT2D eigenvalue weighted by molar-refractivity contribution is -0.142. The number of esters is 2. The van der Waals surface area contributed by atoms with Gasteiger partial charge < -0.3 is 14.2 Å². The van der Waals surface area contributed by atoms with Crippen LogP contribution in [0, 0.1) is 0 Å². The van der Waals surface area contributed by atoms with Crippen LogP contribution in [0.4, 0.5) is 0 Å². The molecule has 0 fully saturated rings. The van der Waals surface area contributed by atoms with Crippen molar-refractivity contribution in [2.75, 3.05) is 0 Å². The average Bonchev–Trinajstić information content (AvgIpc) is 2.51. The van der Waals surface area contributed by atoms with E-state index in [1.54, 1.807) is 18.2 Å². The van der Waals surface area contributed by atoms with E-state index in [1.165, 1.54) is 13.8 Å². The van der Waals surface area contributed by atoms with Crippen molar-refractivity contribution in [3.05, 3.63) is 34.9 Å². The van der Waals surface area contributed by atoms with Gasteiger partial charge in [-0.25, -0.2) is 0 Å². The molecule has 122 valence electrons. The molecule has 0 amide bonds. The lowest BCUT2D eigenvalue weighted by Crippen LogP contribution is -2.04. The van der Waals surface area contributed by atoms with Crippen molar-refractivity contribution in [1.29, 1.82) is 0 Å². The Balaban J connectivity index is 0.00000211. The standard InChI is InChI=1S/C14H16O6.C2H6/c1-10(16)19-7-13-3-12(6-18-9-15)4-14(5-13)8-20-11(2)17;1-2/h3-5,9H,6-8H2,1-2H3;1-2H3. The highest BCUT2D eigenvalue weighted by molar-refractivity contribution is 5.66. The first-order valence-electron chi connectivity index (χ1n) is 6.95. The third kappa shape index (κ3) is 8.73. The molecule has 0 radical (unpaired) electrons. The van der Waals surface area contributed by atoms with E-state index in [2.05, 4.69) is 4.74 Å². The van der Waals surface area contributed by atoms with Gasteiger partial charge in [0.25, 0.3) is 6.47 Å². The Bertz CT molecular complexity index is 459. The molecule has 0 aromatic heterocycles. The summed E-state index contributed by atoms with van der Waals surface area (Å²) >= 11 is 0. The van der Waals surface area contributed by atoms with Crippen molar-refractivity contribution in [2.45, 2.75) is 47.5 Å². The highest BCUT2D eigenvalue weighted by atomic mass is 16.5. The number of carbonyl (C=O) groups excluding carboxylic acids is 3. The molecule has 22 heavy (non-hydrogen) atoms. The van der Waals surface area contributed by atoms with Crippen LogP contribution in [0.2, 0.25) is 0 Å². The number of carbonyl (C=O) groups is 3. The highest BCUT2D eigenvalue weighted by Crippen LogP contribution is 2.14. The summed E-state index contributed by atoms with van der Waals surface area (Å²) in [5.41, 5.74) is 2.19. The Morgan fingerprint density at radius 2 is 1.23 bits per heavy atom. The molecule has 6 heteroatoms. The van der Waals surface area contributed by atoms with Crippen LogP contribution in [-0.4, -0.2) is 18.4 Å². The van der Waals surface area contributed by atoms with Crippen molar-refractivity contribution in [3.8, 4) is 0 Å². The van der Waals surface area contributed by atoms with Crippen LogP contribution in [-0.2, 0) is 48.4 Å². The Kier molecular flexibility index (Phi) is 10.1. The van der Waals surface area contributed by atoms with Crippen LogP contribution in [0.3, 0.4) is 0 Å². The van der Waals surface area contributed by atoms with Gasteiger partial charge in [0, 0.05) is 13.8 Å². The van der Waals surface area contributed by atoms with Gasteiger partial charge >= 0.3 is 11.9 Å². The first kappa shape index (κ1) is 19.6. The zero-order chi connectivity index (χ0) is 17.0. The minimum atomic E-state index is -0.388. The molecular formula is C16H22O6. The third-order valence-corrected chi connectivity index (χ3v) is 2.31. The molecule has 0 N–H and O–H groups in total. The zero-order valence-electron chi connectivity index (χ0n) is 13.4. The van der Waals surface area contributed by atoms with E-state index in [9.17, 15) is 14.4 Å². The fourth-order valence-electron chi connectivity index (χ4n) is 1.59. The van der Waals surface area contributed by atoms with Crippen LogP contribution in [0.5, 0.6) is 0 Å². The maximum Gasteiger partial charge on any atom is 0.302 e. The maximum absolute atomic E-state index is 10.8. The van der Waals surface area contributed by atoms with Gasteiger partial charge in [0.2, 0.25) is 0 Å². The van der Waals surface area contributed by atoms with Gasteiger partial charge in [0.15, 0.2) is 0 Å². The summed E-state index contributed by atoms with van der Waals surface area (Å²) in [7, 11) is 0. The van der Waals surface area contributed by atoms with Crippen molar-refractivity contribution < 1.29 is 28.6 Å². The molecule has 0 bridgehead atoms. The molecule has 0 spiro atoms. The summed E-state index contributed by atoms with van der Waals surface area (Å²) in [4.78, 5) is 31.8. The number of hydrogen-bond acceptors (Lipinski definition) is 6. The Morgan fingerprint density at radius 3 is 1.55 bits per heavy atom. The zero-order valence-corrected chi connectivity index (χ0v) is 13.4. The van der Waals surface area contributed by atoms with E-state index in [4.69, 9.17) is 9.47 Å². The van der Waals surface area contributed by atoms with E-state index >= 15 is 0 Å². The van der Waals surface area contributed by atoms with Crippen molar-refractivity contribution in [3.63, 3.8) is 0 Å². The van der Waals surface area contributed by atoms with Crippen molar-refractivity contribution >= 4 is 18.4 Å². The molecule has 0 saturated carbocycles. The lowest BCUT2D eigenvalue weighted by atomic mass is 10.1. The summed E-state index contributed by atoms with van der Waals surface area (Å²) in [5.74, 6) is -0.776. The molecule has 0 aliphatic heterocycles. The van der Waals surface area contributed by atoms with Gasteiger partial charge in [-0.15, -0.1) is 0 Å². The minimum absolute atomic E-state index is 0.102. The van der Waals surface area contributed by atoms with E-state index in [0.717, 1.165) is 16.7 Å². The quantitative estimate of drug-likeness (QED) is 0.437. The third-order valence-electron chi connectivity index (χ3n) is 2.31. The van der Waals surface area contributed by atoms with E-state index in [1.807, 2.05) is 13.8 Å². The molecular weight excluding hydrogens is 288 g/mol. The van der Waals surface area contributed by atoms with Gasteiger partial charge in [-0.3, -0.25) is 14.4 Å². The normalized spacial score (nSPS) is 9.09. The molecule has 1 aromatic carbocycles. The van der Waals surface area contributed by atoms with Gasteiger partial charge in [-0.05, 0) is 34.9 Å². The number of ether oxygens (including phenoxy) is 3. The SMILES string of the molecule is CC.CC(=O)OCc1cc(COC=O)cc(COC(C)=O)c1. The first-order chi connectivity index (χ1) is 10.5. The van der Waals surface area contributed by atoms with Crippen LogP contribution < -0.4 is 0 Å². The van der Waals surface area contributed by atoms with E-state index in [0.29, 0.717) is 6.47 Å². The second-order valence-electron chi connectivity index (χ2n) is 4.13. The predicted molar refractivity (Wildman–Crippen MR) is 79.6 cm³/mol. The summed E-state index contributed by atoms with van der Waals surface area (Å²) in [5, 5.41) is 0. The molecule has 6 nitrogen and oxygen atoms in total. The smallest absolute Gasteiger partial charge is 0.302 e. The van der Waals surface area contributed by atoms with Crippen molar-refractivity contribution in [1.82, 2.24) is 0 Å². The molecule has 0 unspecified atom stereocenters. The second-order valence-corrected chi connectivity index (χ2v) is 4.13. The fraction of sp³-hybridized carbons (Fsp3) is 0.438. The summed E-state index contributed by atoms with van der Waals surface area (Å²) in [6.45, 7) is 7.31. The van der Waals surface area contributed by atoms with Gasteiger partial charge in [-0.1, -0.05) is 13.8 Å². The fourth-order valence-corrected chi connectivity index (χ4v) is 1.59. The van der Waals surface area contributed by atoms with Gasteiger partial charge in [0.1, 0.15) is 19.8 Å². The molecule has 0 aliphatic carbocycles. The van der Waals surface area contributed by atoms with Crippen molar-refractivity contribution in [2.24, 2.45) is 0 Å². The lowest BCUT2D eigenvalue weighted by Gasteiger charge is -2.09. The monoisotopic (exact) mass is 310 g/mol. The number of benzene rings is 1. The number of hydrogen-bond donors (Lipinski definition) is 0. The Morgan fingerprint density at radius 1 is 0.864 bits per heavy atom. The van der Waals surface area contributed by atoms with Gasteiger partial charge in [0.05, 0.1) is 0 Å². The van der Waals surface area contributed by atoms with Crippen LogP contribution in [0.15, 0.2) is 18.2 Å². The summed E-state index contributed by atoms with van der Waals surface area (Å²) in [6, 6.07) is 5.27. The Labute approximate surface area is 130 Å². The molecule has 0 saturated heterocycles. The molecule has 0 atom stereocenters. The highest BCUT2D eigenvalue weighted by Gasteiger charge is 2.05. The number of rotatable bonds is 7. The van der Waals surface area contributed by atoms with Crippen LogP contribution >= 0.6 is 0 Å². The topological polar surface area (TPSA) is 78.9 Å². The maximum atomic E-state index is 10.8. The molecule has 0 heterocycles. The molecule has 1 aromatic rings. The first-order valence-corrected chi connectivity index (χ1v) is 6.95. The largest absolute Gasteiger partial charge is 0.463 e. The minimum Gasteiger partial charge on any atom is -0.463 e. The van der Waals surface area contributed by atoms with Gasteiger partial charge in [-0.2, -0.15) is 0 Å². The summed E-state index contributed by atoms with van der Waals surface area (Å²) in [6.07, 6.45) is 0. The predicted octanol–water partition coefficient (Wildman–Crippen LogP) is 2.51.